The smallest absolute Gasteiger partial charge is 0.168 e. The summed E-state index contributed by atoms with van der Waals surface area (Å²) in [5.74, 6) is 1.53. The number of halogens is 1. The molecule has 0 aliphatic heterocycles. The van der Waals surface area contributed by atoms with Crippen LogP contribution in [0.15, 0.2) is 46.9 Å². The minimum Gasteiger partial charge on any atom is -0.493 e. The van der Waals surface area contributed by atoms with Crippen LogP contribution in [0.5, 0.6) is 11.5 Å². The Hall–Kier alpha value is -1.74. The summed E-state index contributed by atoms with van der Waals surface area (Å²) < 4.78 is 11.9. The first kappa shape index (κ1) is 12.3. The van der Waals surface area contributed by atoms with Crippen molar-refractivity contribution in [2.45, 2.75) is 0 Å². The first-order chi connectivity index (χ1) is 9.26. The number of benzene rings is 3. The second kappa shape index (κ2) is 4.74. The fourth-order valence-corrected chi connectivity index (χ4v) is 2.96. The third-order valence-corrected chi connectivity index (χ3v) is 4.04. The Kier molecular flexibility index (Phi) is 3.07. The highest BCUT2D eigenvalue weighted by Crippen LogP contribution is 2.39. The van der Waals surface area contributed by atoms with Crippen LogP contribution in [-0.2, 0) is 0 Å². The topological polar surface area (TPSA) is 18.5 Å². The maximum absolute atomic E-state index is 5.49. The lowest BCUT2D eigenvalue weighted by Crippen LogP contribution is -1.91. The van der Waals surface area contributed by atoms with Crippen LogP contribution in [0.3, 0.4) is 0 Å². The normalized spacial score (nSPS) is 10.9. The van der Waals surface area contributed by atoms with Gasteiger partial charge in [-0.25, -0.2) is 0 Å². The number of hydrogen-bond acceptors (Lipinski definition) is 2. The highest BCUT2D eigenvalue weighted by atomic mass is 79.9. The Morgan fingerprint density at radius 2 is 1.42 bits per heavy atom. The lowest BCUT2D eigenvalue weighted by atomic mass is 10.0. The van der Waals surface area contributed by atoms with Gasteiger partial charge in [0.25, 0.3) is 0 Å². The van der Waals surface area contributed by atoms with Crippen molar-refractivity contribution in [1.82, 2.24) is 0 Å². The molecular weight excluding hydrogens is 304 g/mol. The van der Waals surface area contributed by atoms with Crippen molar-refractivity contribution < 1.29 is 9.47 Å². The molecule has 19 heavy (non-hydrogen) atoms. The summed E-state index contributed by atoms with van der Waals surface area (Å²) in [5.41, 5.74) is 0. The molecule has 3 aromatic rings. The van der Waals surface area contributed by atoms with Crippen molar-refractivity contribution in [3.63, 3.8) is 0 Å². The molecule has 0 aliphatic carbocycles. The first-order valence-electron chi connectivity index (χ1n) is 5.98. The van der Waals surface area contributed by atoms with Crippen LogP contribution in [0.25, 0.3) is 21.5 Å². The van der Waals surface area contributed by atoms with Gasteiger partial charge in [0.2, 0.25) is 0 Å². The molecule has 0 saturated heterocycles. The number of hydrogen-bond donors (Lipinski definition) is 0. The van der Waals surface area contributed by atoms with Crippen LogP contribution >= 0.6 is 15.9 Å². The average Bonchev–Trinajstić information content (AvgIpc) is 2.45. The third kappa shape index (κ3) is 1.85. The average molecular weight is 317 g/mol. The molecule has 0 atom stereocenters. The Morgan fingerprint density at radius 1 is 0.737 bits per heavy atom. The number of rotatable bonds is 2. The summed E-state index contributed by atoms with van der Waals surface area (Å²) in [5, 5.41) is 4.62. The Bertz CT molecular complexity index is 765. The molecule has 0 aliphatic rings. The van der Waals surface area contributed by atoms with Crippen LogP contribution in [0.1, 0.15) is 0 Å². The minimum atomic E-state index is 0.754. The zero-order valence-corrected chi connectivity index (χ0v) is 12.3. The molecule has 2 nitrogen and oxygen atoms in total. The second-order valence-corrected chi connectivity index (χ2v) is 5.15. The second-order valence-electron chi connectivity index (χ2n) is 4.30. The van der Waals surface area contributed by atoms with Crippen LogP contribution < -0.4 is 9.47 Å². The van der Waals surface area contributed by atoms with Crippen LogP contribution in [-0.4, -0.2) is 14.2 Å². The van der Waals surface area contributed by atoms with Crippen molar-refractivity contribution in [3.05, 3.63) is 46.9 Å². The third-order valence-electron chi connectivity index (χ3n) is 3.34. The maximum Gasteiger partial charge on any atom is 0.168 e. The Balaban J connectivity index is 2.48. The van der Waals surface area contributed by atoms with Crippen LogP contribution in [0, 0.1) is 0 Å². The van der Waals surface area contributed by atoms with E-state index >= 15 is 0 Å². The molecule has 0 aromatic heterocycles. The van der Waals surface area contributed by atoms with Gasteiger partial charge in [0, 0.05) is 9.86 Å². The van der Waals surface area contributed by atoms with Crippen molar-refractivity contribution in [2.24, 2.45) is 0 Å². The van der Waals surface area contributed by atoms with Gasteiger partial charge in [0.1, 0.15) is 0 Å². The summed E-state index contributed by atoms with van der Waals surface area (Å²) in [7, 11) is 3.32. The molecule has 3 rings (SSSR count). The quantitative estimate of drug-likeness (QED) is 0.634. The molecule has 0 saturated carbocycles. The number of methoxy groups -OCH3 is 2. The predicted octanol–water partition coefficient (Wildman–Crippen LogP) is 4.77. The fraction of sp³-hybridized carbons (Fsp3) is 0.125. The van der Waals surface area contributed by atoms with Crippen molar-refractivity contribution in [3.8, 4) is 11.5 Å². The summed E-state index contributed by atoms with van der Waals surface area (Å²) in [6, 6.07) is 14.4. The number of fused-ring (bicyclic) bond motifs is 3. The summed E-state index contributed by atoms with van der Waals surface area (Å²) in [6.07, 6.45) is 0. The summed E-state index contributed by atoms with van der Waals surface area (Å²) >= 11 is 3.59. The van der Waals surface area contributed by atoms with E-state index < -0.39 is 0 Å². The van der Waals surface area contributed by atoms with E-state index in [4.69, 9.17) is 9.47 Å². The van der Waals surface area contributed by atoms with E-state index in [2.05, 4.69) is 46.3 Å². The molecular formula is C16H13BrO2. The summed E-state index contributed by atoms with van der Waals surface area (Å²) in [6.45, 7) is 0. The van der Waals surface area contributed by atoms with Crippen molar-refractivity contribution in [1.29, 1.82) is 0 Å². The van der Waals surface area contributed by atoms with Gasteiger partial charge in [-0.2, -0.15) is 0 Å². The molecule has 0 spiro atoms. The molecule has 0 radical (unpaired) electrons. The van der Waals surface area contributed by atoms with Crippen molar-refractivity contribution >= 4 is 37.5 Å². The monoisotopic (exact) mass is 316 g/mol. The van der Waals surface area contributed by atoms with Gasteiger partial charge in [-0.1, -0.05) is 34.1 Å². The van der Waals surface area contributed by atoms with Crippen LogP contribution in [0.4, 0.5) is 0 Å². The lowest BCUT2D eigenvalue weighted by Gasteiger charge is -2.12. The molecule has 0 N–H and O–H groups in total. The molecule has 96 valence electrons. The summed E-state index contributed by atoms with van der Waals surface area (Å²) in [4.78, 5) is 0. The van der Waals surface area contributed by atoms with E-state index in [9.17, 15) is 0 Å². The molecule has 0 heterocycles. The minimum absolute atomic E-state index is 0.754. The van der Waals surface area contributed by atoms with E-state index in [1.807, 2.05) is 12.1 Å². The van der Waals surface area contributed by atoms with Gasteiger partial charge in [-0.05, 0) is 40.4 Å². The van der Waals surface area contributed by atoms with E-state index in [-0.39, 0.29) is 0 Å². The first-order valence-corrected chi connectivity index (χ1v) is 6.77. The molecule has 0 fully saturated rings. The zero-order chi connectivity index (χ0) is 13.4. The standard InChI is InChI=1S/C16H13BrO2/c1-18-15-9-8-11-10-4-3-5-14(17)12(10)6-7-13(11)16(15)19-2/h3-9H,1-2H3. The molecule has 3 aromatic carbocycles. The van der Waals surface area contributed by atoms with Gasteiger partial charge in [-0.15, -0.1) is 0 Å². The van der Waals surface area contributed by atoms with Gasteiger partial charge < -0.3 is 9.47 Å². The SMILES string of the molecule is COc1ccc2c(ccc3c(Br)cccc32)c1OC. The van der Waals surface area contributed by atoms with E-state index in [1.165, 1.54) is 10.8 Å². The maximum atomic E-state index is 5.49. The highest BCUT2D eigenvalue weighted by molar-refractivity contribution is 9.10. The van der Waals surface area contributed by atoms with Crippen LogP contribution in [0.2, 0.25) is 0 Å². The van der Waals surface area contributed by atoms with Gasteiger partial charge in [-0.3, -0.25) is 0 Å². The molecule has 3 heteroatoms. The Labute approximate surface area is 120 Å². The molecule has 0 unspecified atom stereocenters. The largest absolute Gasteiger partial charge is 0.493 e. The zero-order valence-electron chi connectivity index (χ0n) is 10.7. The van der Waals surface area contributed by atoms with Gasteiger partial charge in [0.05, 0.1) is 14.2 Å². The van der Waals surface area contributed by atoms with E-state index in [1.54, 1.807) is 14.2 Å². The highest BCUT2D eigenvalue weighted by Gasteiger charge is 2.11. The Morgan fingerprint density at radius 3 is 2.16 bits per heavy atom. The van der Waals surface area contributed by atoms with E-state index in [0.29, 0.717) is 0 Å². The van der Waals surface area contributed by atoms with E-state index in [0.717, 1.165) is 26.7 Å². The van der Waals surface area contributed by atoms with Gasteiger partial charge in [0.15, 0.2) is 11.5 Å². The van der Waals surface area contributed by atoms with Gasteiger partial charge >= 0.3 is 0 Å². The fourth-order valence-electron chi connectivity index (χ4n) is 2.46. The number of ether oxygens (including phenoxy) is 2. The molecule has 0 bridgehead atoms. The van der Waals surface area contributed by atoms with Crippen molar-refractivity contribution in [2.75, 3.05) is 14.2 Å². The predicted molar refractivity (Wildman–Crippen MR) is 82.3 cm³/mol. The molecule has 0 amide bonds. The lowest BCUT2D eigenvalue weighted by molar-refractivity contribution is 0.358.